The molecule has 0 unspecified atom stereocenters. The van der Waals surface area contributed by atoms with Crippen LogP contribution in [-0.2, 0) is 14.3 Å². The molecule has 0 saturated heterocycles. The molecule has 2 aliphatic rings. The van der Waals surface area contributed by atoms with E-state index in [1.807, 2.05) is 13.8 Å². The third-order valence-electron chi connectivity index (χ3n) is 5.39. The average Bonchev–Trinajstić information content (AvgIpc) is 2.46. The molecule has 1 fully saturated rings. The predicted octanol–water partition coefficient (Wildman–Crippen LogP) is 3.63. The third-order valence-corrected chi connectivity index (χ3v) is 5.39. The maximum Gasteiger partial charge on any atom is 0.308 e. The Morgan fingerprint density at radius 1 is 1.33 bits per heavy atom. The van der Waals surface area contributed by atoms with Crippen molar-refractivity contribution in [3.63, 3.8) is 0 Å². The van der Waals surface area contributed by atoms with Gasteiger partial charge < -0.3 is 9.53 Å². The van der Waals surface area contributed by atoms with Gasteiger partial charge in [-0.3, -0.25) is 4.79 Å². The van der Waals surface area contributed by atoms with Gasteiger partial charge in [-0.2, -0.15) is 0 Å². The van der Waals surface area contributed by atoms with Gasteiger partial charge >= 0.3 is 5.97 Å². The number of hydrogen-bond acceptors (Lipinski definition) is 3. The SMILES string of the molecule is CC[C@H](C)C(=O)O[C@H]1C[C@@H](C)C[C@@H]2C=C[C@H](C)[C@H](C=O)[C@@H]12. The smallest absolute Gasteiger partial charge is 0.308 e. The van der Waals surface area contributed by atoms with Crippen molar-refractivity contribution in [3.8, 4) is 0 Å². The van der Waals surface area contributed by atoms with E-state index in [1.165, 1.54) is 0 Å². The monoisotopic (exact) mass is 292 g/mol. The minimum absolute atomic E-state index is 0.0257. The molecule has 118 valence electrons. The molecule has 21 heavy (non-hydrogen) atoms. The summed E-state index contributed by atoms with van der Waals surface area (Å²) < 4.78 is 5.83. The van der Waals surface area contributed by atoms with Crippen LogP contribution in [0.4, 0.5) is 0 Å². The molecule has 2 aliphatic carbocycles. The van der Waals surface area contributed by atoms with Crippen LogP contribution in [0, 0.1) is 35.5 Å². The van der Waals surface area contributed by atoms with Crippen molar-refractivity contribution in [1.29, 1.82) is 0 Å². The number of carbonyl (C=O) groups is 2. The van der Waals surface area contributed by atoms with Gasteiger partial charge in [-0.1, -0.05) is 39.8 Å². The molecule has 0 radical (unpaired) electrons. The zero-order valence-electron chi connectivity index (χ0n) is 13.6. The van der Waals surface area contributed by atoms with Crippen LogP contribution in [0.5, 0.6) is 0 Å². The van der Waals surface area contributed by atoms with Crippen LogP contribution >= 0.6 is 0 Å². The van der Waals surface area contributed by atoms with Crippen LogP contribution in [-0.4, -0.2) is 18.4 Å². The van der Waals surface area contributed by atoms with Gasteiger partial charge in [0, 0.05) is 11.8 Å². The number of aldehydes is 1. The zero-order valence-corrected chi connectivity index (χ0v) is 13.6. The van der Waals surface area contributed by atoms with E-state index in [9.17, 15) is 9.59 Å². The largest absolute Gasteiger partial charge is 0.462 e. The fraction of sp³-hybridized carbons (Fsp3) is 0.778. The molecular weight excluding hydrogens is 264 g/mol. The second kappa shape index (κ2) is 6.76. The average molecular weight is 292 g/mol. The molecule has 0 aromatic rings. The van der Waals surface area contributed by atoms with E-state index >= 15 is 0 Å². The number of ether oxygens (including phenoxy) is 1. The minimum Gasteiger partial charge on any atom is -0.462 e. The van der Waals surface area contributed by atoms with E-state index < -0.39 is 0 Å². The van der Waals surface area contributed by atoms with Crippen LogP contribution in [0.25, 0.3) is 0 Å². The lowest BCUT2D eigenvalue weighted by Crippen LogP contribution is -2.46. The van der Waals surface area contributed by atoms with Gasteiger partial charge in [0.1, 0.15) is 12.4 Å². The zero-order chi connectivity index (χ0) is 15.6. The lowest BCUT2D eigenvalue weighted by molar-refractivity contribution is -0.164. The van der Waals surface area contributed by atoms with Gasteiger partial charge in [0.05, 0.1) is 5.92 Å². The van der Waals surface area contributed by atoms with Gasteiger partial charge in [-0.15, -0.1) is 0 Å². The number of carbonyl (C=O) groups excluding carboxylic acids is 2. The van der Waals surface area contributed by atoms with E-state index in [-0.39, 0.29) is 35.7 Å². The molecule has 0 bridgehead atoms. The maximum atomic E-state index is 12.2. The highest BCUT2D eigenvalue weighted by atomic mass is 16.5. The second-order valence-electron chi connectivity index (χ2n) is 7.06. The van der Waals surface area contributed by atoms with Crippen molar-refractivity contribution in [3.05, 3.63) is 12.2 Å². The highest BCUT2D eigenvalue weighted by molar-refractivity contribution is 5.72. The van der Waals surface area contributed by atoms with Gasteiger partial charge in [0.2, 0.25) is 0 Å². The fourth-order valence-electron chi connectivity index (χ4n) is 3.86. The lowest BCUT2D eigenvalue weighted by atomic mass is 9.62. The first kappa shape index (κ1) is 16.3. The maximum absolute atomic E-state index is 12.2. The number of allylic oxidation sites excluding steroid dienone is 2. The molecule has 0 N–H and O–H groups in total. The van der Waals surface area contributed by atoms with Crippen molar-refractivity contribution in [2.45, 2.75) is 53.1 Å². The number of esters is 1. The first-order chi connectivity index (χ1) is 9.97. The van der Waals surface area contributed by atoms with Gasteiger partial charge in [0.25, 0.3) is 0 Å². The number of fused-ring (bicyclic) bond motifs is 1. The quantitative estimate of drug-likeness (QED) is 0.451. The summed E-state index contributed by atoms with van der Waals surface area (Å²) in [5.41, 5.74) is 0. The molecule has 0 aromatic carbocycles. The molecule has 3 nitrogen and oxygen atoms in total. The van der Waals surface area contributed by atoms with Crippen molar-refractivity contribution in [2.24, 2.45) is 35.5 Å². The molecule has 2 rings (SSSR count). The first-order valence-electron chi connectivity index (χ1n) is 8.32. The molecule has 3 heteroatoms. The van der Waals surface area contributed by atoms with E-state index in [4.69, 9.17) is 4.74 Å². The summed E-state index contributed by atoms with van der Waals surface area (Å²) in [7, 11) is 0. The van der Waals surface area contributed by atoms with Crippen molar-refractivity contribution in [1.82, 2.24) is 0 Å². The van der Waals surface area contributed by atoms with Crippen molar-refractivity contribution in [2.75, 3.05) is 0 Å². The number of rotatable bonds is 4. The Hall–Kier alpha value is -1.12. The topological polar surface area (TPSA) is 43.4 Å². The second-order valence-corrected chi connectivity index (χ2v) is 7.06. The van der Waals surface area contributed by atoms with Crippen molar-refractivity contribution < 1.29 is 14.3 Å². The van der Waals surface area contributed by atoms with E-state index in [0.717, 1.165) is 25.5 Å². The molecular formula is C18H28O3. The number of hydrogen-bond donors (Lipinski definition) is 0. The normalized spacial score (nSPS) is 40.2. The van der Waals surface area contributed by atoms with E-state index in [1.54, 1.807) is 0 Å². The Labute approximate surface area is 128 Å². The highest BCUT2D eigenvalue weighted by Crippen LogP contribution is 2.45. The molecule has 0 heterocycles. The Kier molecular flexibility index (Phi) is 5.23. The predicted molar refractivity (Wildman–Crippen MR) is 82.6 cm³/mol. The Balaban J connectivity index is 2.19. The van der Waals surface area contributed by atoms with Crippen LogP contribution in [0.3, 0.4) is 0 Å². The summed E-state index contributed by atoms with van der Waals surface area (Å²) in [5, 5.41) is 0. The Morgan fingerprint density at radius 2 is 2.05 bits per heavy atom. The molecule has 7 atom stereocenters. The molecule has 0 aromatic heterocycles. The molecule has 1 saturated carbocycles. The van der Waals surface area contributed by atoms with Crippen LogP contribution in [0.2, 0.25) is 0 Å². The van der Waals surface area contributed by atoms with Crippen molar-refractivity contribution >= 4 is 12.3 Å². The summed E-state index contributed by atoms with van der Waals surface area (Å²) in [5.74, 6) is 1.10. The molecule has 0 amide bonds. The van der Waals surface area contributed by atoms with E-state index in [0.29, 0.717) is 11.8 Å². The van der Waals surface area contributed by atoms with E-state index in [2.05, 4.69) is 26.0 Å². The summed E-state index contributed by atoms with van der Waals surface area (Å²) in [6.07, 6.45) is 8.14. The third kappa shape index (κ3) is 3.38. The fourth-order valence-corrected chi connectivity index (χ4v) is 3.86. The highest BCUT2D eigenvalue weighted by Gasteiger charge is 2.45. The Bertz CT molecular complexity index is 415. The molecule has 0 aliphatic heterocycles. The molecule has 0 spiro atoms. The van der Waals surface area contributed by atoms with Gasteiger partial charge in [0.15, 0.2) is 0 Å². The first-order valence-corrected chi connectivity index (χ1v) is 8.32. The van der Waals surface area contributed by atoms with Gasteiger partial charge in [-0.25, -0.2) is 0 Å². The summed E-state index contributed by atoms with van der Waals surface area (Å²) >= 11 is 0. The Morgan fingerprint density at radius 3 is 2.67 bits per heavy atom. The van der Waals surface area contributed by atoms with Gasteiger partial charge in [-0.05, 0) is 37.0 Å². The lowest BCUT2D eigenvalue weighted by Gasteiger charge is -2.45. The minimum atomic E-state index is -0.109. The van der Waals surface area contributed by atoms with Crippen LogP contribution < -0.4 is 0 Å². The van der Waals surface area contributed by atoms with Crippen LogP contribution in [0.1, 0.15) is 47.0 Å². The summed E-state index contributed by atoms with van der Waals surface area (Å²) in [4.78, 5) is 23.7. The summed E-state index contributed by atoms with van der Waals surface area (Å²) in [6.45, 7) is 8.20. The summed E-state index contributed by atoms with van der Waals surface area (Å²) in [6, 6.07) is 0. The standard InChI is InChI=1S/C18H28O3/c1-5-12(3)18(20)21-16-9-11(2)8-14-7-6-13(4)15(10-19)17(14)16/h6-7,10-17H,5,8-9H2,1-4H3/t11-,12-,13-,14-,15-,16-,17-/m0/s1. The van der Waals surface area contributed by atoms with Crippen LogP contribution in [0.15, 0.2) is 12.2 Å².